The lowest BCUT2D eigenvalue weighted by atomic mass is 10.2. The minimum atomic E-state index is -0.309. The molecule has 1 aromatic carbocycles. The molecule has 0 amide bonds. The van der Waals surface area contributed by atoms with Gasteiger partial charge in [-0.25, -0.2) is 14.4 Å². The summed E-state index contributed by atoms with van der Waals surface area (Å²) in [5.74, 6) is 2.29. The number of aryl methyl sites for hydroxylation is 1. The molecule has 1 aliphatic heterocycles. The highest BCUT2D eigenvalue weighted by Crippen LogP contribution is 2.39. The molecular formula is C20H22FN5O. The molecule has 6 nitrogen and oxygen atoms in total. The van der Waals surface area contributed by atoms with E-state index in [4.69, 9.17) is 9.40 Å². The first kappa shape index (κ1) is 16.5. The average Bonchev–Trinajstić information content (AvgIpc) is 3.43. The zero-order valence-corrected chi connectivity index (χ0v) is 15.6. The molecule has 2 aliphatic rings. The number of hydrogen-bond donors (Lipinski definition) is 0. The van der Waals surface area contributed by atoms with Crippen molar-refractivity contribution in [3.05, 3.63) is 41.1 Å². The van der Waals surface area contributed by atoms with Crippen LogP contribution in [0.4, 0.5) is 16.2 Å². The van der Waals surface area contributed by atoms with E-state index in [0.29, 0.717) is 23.0 Å². The van der Waals surface area contributed by atoms with Crippen molar-refractivity contribution in [1.29, 1.82) is 0 Å². The van der Waals surface area contributed by atoms with Crippen molar-refractivity contribution < 1.29 is 8.81 Å². The van der Waals surface area contributed by atoms with E-state index in [1.807, 2.05) is 0 Å². The van der Waals surface area contributed by atoms with Gasteiger partial charge in [0, 0.05) is 49.4 Å². The van der Waals surface area contributed by atoms with Crippen LogP contribution in [0.3, 0.4) is 0 Å². The first-order valence-corrected chi connectivity index (χ1v) is 9.49. The summed E-state index contributed by atoms with van der Waals surface area (Å²) >= 11 is 0. The van der Waals surface area contributed by atoms with E-state index in [9.17, 15) is 4.39 Å². The van der Waals surface area contributed by atoms with Gasteiger partial charge in [0.05, 0.1) is 0 Å². The molecule has 2 aromatic heterocycles. The smallest absolute Gasteiger partial charge is 0.298 e. The molecule has 3 aromatic rings. The number of benzene rings is 1. The Hall–Kier alpha value is -2.70. The fourth-order valence-corrected chi connectivity index (χ4v) is 3.60. The fraction of sp³-hybridized carbons (Fsp3) is 0.450. The van der Waals surface area contributed by atoms with Crippen molar-refractivity contribution in [2.45, 2.75) is 32.6 Å². The highest BCUT2D eigenvalue weighted by molar-refractivity contribution is 5.74. The molecule has 140 valence electrons. The Balaban J connectivity index is 1.35. The molecule has 0 atom stereocenters. The van der Waals surface area contributed by atoms with E-state index in [1.165, 1.54) is 25.0 Å². The summed E-state index contributed by atoms with van der Waals surface area (Å²) < 4.78 is 19.1. The van der Waals surface area contributed by atoms with Gasteiger partial charge in [0.25, 0.3) is 6.01 Å². The highest BCUT2D eigenvalue weighted by atomic mass is 19.1. The Labute approximate surface area is 157 Å². The minimum Gasteiger partial charge on any atom is -0.423 e. The number of nitrogens with zero attached hydrogens (tertiary/aromatic N) is 5. The Kier molecular flexibility index (Phi) is 3.77. The maximum atomic E-state index is 13.4. The van der Waals surface area contributed by atoms with Crippen LogP contribution < -0.4 is 9.80 Å². The van der Waals surface area contributed by atoms with Gasteiger partial charge in [-0.05, 0) is 38.8 Å². The Morgan fingerprint density at radius 3 is 2.48 bits per heavy atom. The number of hydrogen-bond acceptors (Lipinski definition) is 6. The lowest BCUT2D eigenvalue weighted by Gasteiger charge is -2.35. The summed E-state index contributed by atoms with van der Waals surface area (Å²) in [6.45, 7) is 7.43. The van der Waals surface area contributed by atoms with Gasteiger partial charge >= 0.3 is 0 Å². The number of halogens is 1. The van der Waals surface area contributed by atoms with Gasteiger partial charge < -0.3 is 14.2 Å². The first-order chi connectivity index (χ1) is 13.1. The summed E-state index contributed by atoms with van der Waals surface area (Å²) in [5, 5.41) is 0. The molecule has 5 rings (SSSR count). The van der Waals surface area contributed by atoms with Crippen LogP contribution in [0.5, 0.6) is 0 Å². The van der Waals surface area contributed by atoms with Crippen LogP contribution in [0.25, 0.3) is 11.1 Å². The van der Waals surface area contributed by atoms with Crippen molar-refractivity contribution in [3.8, 4) is 0 Å². The summed E-state index contributed by atoms with van der Waals surface area (Å²) in [4.78, 5) is 18.5. The monoisotopic (exact) mass is 367 g/mol. The zero-order valence-electron chi connectivity index (χ0n) is 15.6. The fourth-order valence-electron chi connectivity index (χ4n) is 3.60. The lowest BCUT2D eigenvalue weighted by Crippen LogP contribution is -2.47. The molecule has 3 heterocycles. The van der Waals surface area contributed by atoms with E-state index in [0.717, 1.165) is 49.1 Å². The Bertz CT molecular complexity index is 1010. The third-order valence-corrected chi connectivity index (χ3v) is 5.51. The molecule has 0 radical (unpaired) electrons. The molecule has 27 heavy (non-hydrogen) atoms. The maximum absolute atomic E-state index is 13.4. The van der Waals surface area contributed by atoms with Crippen LogP contribution in [-0.4, -0.2) is 41.1 Å². The van der Waals surface area contributed by atoms with Crippen molar-refractivity contribution in [1.82, 2.24) is 15.0 Å². The molecule has 7 heteroatoms. The molecule has 0 unspecified atom stereocenters. The summed E-state index contributed by atoms with van der Waals surface area (Å²) in [6, 6.07) is 5.00. The van der Waals surface area contributed by atoms with E-state index >= 15 is 0 Å². The predicted octanol–water partition coefficient (Wildman–Crippen LogP) is 3.58. The van der Waals surface area contributed by atoms with Gasteiger partial charge in [0.1, 0.15) is 23.0 Å². The van der Waals surface area contributed by atoms with Crippen LogP contribution in [0, 0.1) is 19.7 Å². The van der Waals surface area contributed by atoms with E-state index < -0.39 is 0 Å². The van der Waals surface area contributed by atoms with Gasteiger partial charge in [-0.1, -0.05) is 0 Å². The summed E-state index contributed by atoms with van der Waals surface area (Å²) in [5.41, 5.74) is 3.41. The quantitative estimate of drug-likeness (QED) is 0.705. The largest absolute Gasteiger partial charge is 0.423 e. The molecule has 1 aliphatic carbocycles. The molecule has 0 N–H and O–H groups in total. The number of anilines is 2. The zero-order chi connectivity index (χ0) is 18.5. The summed E-state index contributed by atoms with van der Waals surface area (Å²) in [7, 11) is 0. The van der Waals surface area contributed by atoms with Crippen molar-refractivity contribution in [2.24, 2.45) is 0 Å². The standard InChI is InChI=1S/C20H22FN5O/c1-12-13(2)22-18(14-3-4-14)24-19(12)25-7-9-26(10-8-25)20-23-16-6-5-15(21)11-17(16)27-20/h5-6,11,14H,3-4,7-10H2,1-2H3. The van der Waals surface area contributed by atoms with Crippen LogP contribution in [0.15, 0.2) is 22.6 Å². The number of piperazine rings is 1. The second-order valence-corrected chi connectivity index (χ2v) is 7.47. The van der Waals surface area contributed by atoms with Crippen molar-refractivity contribution in [3.63, 3.8) is 0 Å². The Morgan fingerprint density at radius 2 is 1.74 bits per heavy atom. The normalized spacial score (nSPS) is 17.7. The lowest BCUT2D eigenvalue weighted by molar-refractivity contribution is 0.537. The molecular weight excluding hydrogens is 345 g/mol. The maximum Gasteiger partial charge on any atom is 0.298 e. The van der Waals surface area contributed by atoms with Crippen LogP contribution >= 0.6 is 0 Å². The average molecular weight is 367 g/mol. The minimum absolute atomic E-state index is 0.309. The molecule has 1 saturated heterocycles. The molecule has 2 fully saturated rings. The first-order valence-electron chi connectivity index (χ1n) is 9.49. The number of fused-ring (bicyclic) bond motifs is 1. The van der Waals surface area contributed by atoms with Gasteiger partial charge in [-0.2, -0.15) is 4.98 Å². The van der Waals surface area contributed by atoms with Crippen molar-refractivity contribution >= 4 is 22.9 Å². The number of aromatic nitrogens is 3. The molecule has 1 saturated carbocycles. The van der Waals surface area contributed by atoms with Crippen LogP contribution in [0.1, 0.15) is 35.8 Å². The predicted molar refractivity (Wildman–Crippen MR) is 102 cm³/mol. The number of rotatable bonds is 3. The van der Waals surface area contributed by atoms with E-state index in [-0.39, 0.29) is 5.82 Å². The van der Waals surface area contributed by atoms with E-state index in [1.54, 1.807) is 6.07 Å². The van der Waals surface area contributed by atoms with Gasteiger partial charge in [0.2, 0.25) is 0 Å². The topological polar surface area (TPSA) is 58.3 Å². The van der Waals surface area contributed by atoms with Crippen LogP contribution in [0.2, 0.25) is 0 Å². The van der Waals surface area contributed by atoms with E-state index in [2.05, 4.69) is 33.6 Å². The van der Waals surface area contributed by atoms with Gasteiger partial charge in [-0.3, -0.25) is 0 Å². The van der Waals surface area contributed by atoms with Crippen molar-refractivity contribution in [2.75, 3.05) is 36.0 Å². The number of oxazole rings is 1. The third-order valence-electron chi connectivity index (χ3n) is 5.51. The highest BCUT2D eigenvalue weighted by Gasteiger charge is 2.29. The Morgan fingerprint density at radius 1 is 1.00 bits per heavy atom. The van der Waals surface area contributed by atoms with Gasteiger partial charge in [0.15, 0.2) is 5.58 Å². The van der Waals surface area contributed by atoms with Crippen LogP contribution in [-0.2, 0) is 0 Å². The molecule has 0 spiro atoms. The van der Waals surface area contributed by atoms with Gasteiger partial charge in [-0.15, -0.1) is 0 Å². The third kappa shape index (κ3) is 3.01. The second kappa shape index (κ2) is 6.18. The SMILES string of the molecule is Cc1nc(C2CC2)nc(N2CCN(c3nc4ccc(F)cc4o3)CC2)c1C. The second-order valence-electron chi connectivity index (χ2n) is 7.47. The summed E-state index contributed by atoms with van der Waals surface area (Å²) in [6.07, 6.45) is 2.40. The molecule has 0 bridgehead atoms.